The number of anilines is 1. The molecule has 118 valence electrons. The van der Waals surface area contributed by atoms with Crippen molar-refractivity contribution in [3.05, 3.63) is 66.0 Å². The Hall–Kier alpha value is -3.32. The average Bonchev–Trinajstić information content (AvgIpc) is 2.59. The van der Waals surface area contributed by atoms with Gasteiger partial charge in [0.25, 0.3) is 0 Å². The second kappa shape index (κ2) is 6.84. The van der Waals surface area contributed by atoms with E-state index in [9.17, 15) is 5.11 Å². The van der Waals surface area contributed by atoms with E-state index in [0.717, 1.165) is 28.0 Å². The molecule has 0 unspecified atom stereocenters. The van der Waals surface area contributed by atoms with Gasteiger partial charge >= 0.3 is 0 Å². The van der Waals surface area contributed by atoms with Crippen molar-refractivity contribution in [3.8, 4) is 17.6 Å². The van der Waals surface area contributed by atoms with Gasteiger partial charge in [0.05, 0.1) is 11.2 Å². The van der Waals surface area contributed by atoms with Crippen LogP contribution in [0.5, 0.6) is 5.75 Å². The molecule has 0 aliphatic carbocycles. The number of aromatic hydroxyl groups is 1. The SMILES string of the molecule is CN(C)c1ccc(C#CC=Cc2ccc3cc(O)ccc3n2)cn1. The van der Waals surface area contributed by atoms with Gasteiger partial charge < -0.3 is 10.0 Å². The summed E-state index contributed by atoms with van der Waals surface area (Å²) in [5.41, 5.74) is 2.53. The molecule has 0 bridgehead atoms. The monoisotopic (exact) mass is 315 g/mol. The Labute approximate surface area is 141 Å². The fourth-order valence-corrected chi connectivity index (χ4v) is 2.20. The number of phenolic OH excluding ortho intramolecular Hbond substituents is 1. The molecule has 0 saturated heterocycles. The van der Waals surface area contributed by atoms with Crippen molar-refractivity contribution in [2.75, 3.05) is 19.0 Å². The molecule has 3 rings (SSSR count). The number of hydrogen-bond donors (Lipinski definition) is 1. The molecule has 0 fully saturated rings. The zero-order valence-electron chi connectivity index (χ0n) is 13.6. The van der Waals surface area contributed by atoms with Crippen molar-refractivity contribution >= 4 is 22.8 Å². The fraction of sp³-hybridized carbons (Fsp3) is 0.100. The second-order valence-electron chi connectivity index (χ2n) is 5.52. The molecule has 0 spiro atoms. The fourth-order valence-electron chi connectivity index (χ4n) is 2.20. The summed E-state index contributed by atoms with van der Waals surface area (Å²) in [6.45, 7) is 0. The quantitative estimate of drug-likeness (QED) is 0.736. The predicted molar refractivity (Wildman–Crippen MR) is 97.9 cm³/mol. The molecule has 4 nitrogen and oxygen atoms in total. The molecular weight excluding hydrogens is 298 g/mol. The minimum atomic E-state index is 0.243. The molecule has 1 aromatic carbocycles. The smallest absolute Gasteiger partial charge is 0.128 e. The molecule has 0 amide bonds. The molecule has 0 atom stereocenters. The third-order valence-corrected chi connectivity index (χ3v) is 3.45. The van der Waals surface area contributed by atoms with Crippen molar-refractivity contribution in [2.24, 2.45) is 0 Å². The molecule has 3 aromatic rings. The van der Waals surface area contributed by atoms with Gasteiger partial charge in [-0.1, -0.05) is 17.9 Å². The summed E-state index contributed by atoms with van der Waals surface area (Å²) in [7, 11) is 3.91. The topological polar surface area (TPSA) is 49.2 Å². The minimum absolute atomic E-state index is 0.243. The van der Waals surface area contributed by atoms with Gasteiger partial charge in [-0.15, -0.1) is 0 Å². The van der Waals surface area contributed by atoms with Gasteiger partial charge in [-0.05, 0) is 48.6 Å². The second-order valence-corrected chi connectivity index (χ2v) is 5.52. The number of phenols is 1. The van der Waals surface area contributed by atoms with Crippen LogP contribution in [0, 0.1) is 11.8 Å². The maximum atomic E-state index is 9.46. The van der Waals surface area contributed by atoms with Crippen LogP contribution in [-0.4, -0.2) is 29.2 Å². The van der Waals surface area contributed by atoms with Crippen molar-refractivity contribution < 1.29 is 5.11 Å². The van der Waals surface area contributed by atoms with Gasteiger partial charge in [0.15, 0.2) is 0 Å². The Morgan fingerprint density at radius 3 is 2.71 bits per heavy atom. The summed E-state index contributed by atoms with van der Waals surface area (Å²) in [5.74, 6) is 7.19. The first-order chi connectivity index (χ1) is 11.6. The number of allylic oxidation sites excluding steroid dienone is 1. The number of hydrogen-bond acceptors (Lipinski definition) is 4. The largest absolute Gasteiger partial charge is 0.508 e. The lowest BCUT2D eigenvalue weighted by Crippen LogP contribution is -2.10. The molecule has 24 heavy (non-hydrogen) atoms. The lowest BCUT2D eigenvalue weighted by molar-refractivity contribution is 0.476. The van der Waals surface area contributed by atoms with Gasteiger partial charge in [0.1, 0.15) is 11.6 Å². The standard InChI is InChI=1S/C20H17N3O/c1-23(2)20-12-7-15(14-21-20)5-3-4-6-17-9-8-16-13-18(24)10-11-19(16)22-17/h4,6-14,24H,1-2H3. The van der Waals surface area contributed by atoms with Crippen molar-refractivity contribution in [2.45, 2.75) is 0 Å². The van der Waals surface area contributed by atoms with Crippen molar-refractivity contribution in [1.82, 2.24) is 9.97 Å². The van der Waals surface area contributed by atoms with Gasteiger partial charge in [-0.25, -0.2) is 9.97 Å². The van der Waals surface area contributed by atoms with E-state index in [-0.39, 0.29) is 5.75 Å². The Kier molecular flexibility index (Phi) is 4.44. The highest BCUT2D eigenvalue weighted by atomic mass is 16.3. The number of benzene rings is 1. The van der Waals surface area contributed by atoms with Crippen molar-refractivity contribution in [3.63, 3.8) is 0 Å². The van der Waals surface area contributed by atoms with E-state index in [1.54, 1.807) is 30.5 Å². The van der Waals surface area contributed by atoms with Crippen LogP contribution in [0.25, 0.3) is 17.0 Å². The van der Waals surface area contributed by atoms with Gasteiger partial charge in [0.2, 0.25) is 0 Å². The van der Waals surface area contributed by atoms with Crippen LogP contribution in [0.4, 0.5) is 5.82 Å². The zero-order chi connectivity index (χ0) is 16.9. The number of rotatable bonds is 2. The van der Waals surface area contributed by atoms with E-state index < -0.39 is 0 Å². The molecule has 1 N–H and O–H groups in total. The van der Waals surface area contributed by atoms with Gasteiger partial charge in [0, 0.05) is 31.2 Å². The molecule has 0 radical (unpaired) electrons. The third-order valence-electron chi connectivity index (χ3n) is 3.45. The van der Waals surface area contributed by atoms with Crippen LogP contribution < -0.4 is 4.90 Å². The van der Waals surface area contributed by atoms with Crippen LogP contribution in [0.3, 0.4) is 0 Å². The van der Waals surface area contributed by atoms with Crippen LogP contribution in [0.2, 0.25) is 0 Å². The van der Waals surface area contributed by atoms with Gasteiger partial charge in [-0.2, -0.15) is 0 Å². The summed E-state index contributed by atoms with van der Waals surface area (Å²) in [6.07, 6.45) is 5.40. The van der Waals surface area contributed by atoms with E-state index in [2.05, 4.69) is 21.8 Å². The number of nitrogens with zero attached hydrogens (tertiary/aromatic N) is 3. The van der Waals surface area contributed by atoms with Gasteiger partial charge in [-0.3, -0.25) is 0 Å². The summed E-state index contributed by atoms with van der Waals surface area (Å²) >= 11 is 0. The minimum Gasteiger partial charge on any atom is -0.508 e. The van der Waals surface area contributed by atoms with E-state index in [1.165, 1.54) is 0 Å². The lowest BCUT2D eigenvalue weighted by Gasteiger charge is -2.09. The number of aromatic nitrogens is 2. The first-order valence-electron chi connectivity index (χ1n) is 7.53. The van der Waals surface area contributed by atoms with E-state index >= 15 is 0 Å². The van der Waals surface area contributed by atoms with E-state index in [1.807, 2.05) is 49.3 Å². The highest BCUT2D eigenvalue weighted by molar-refractivity contribution is 5.81. The zero-order valence-corrected chi connectivity index (χ0v) is 13.6. The molecule has 2 heterocycles. The van der Waals surface area contributed by atoms with Crippen LogP contribution >= 0.6 is 0 Å². The van der Waals surface area contributed by atoms with Crippen LogP contribution in [-0.2, 0) is 0 Å². The molecule has 0 aliphatic heterocycles. The van der Waals surface area contributed by atoms with Crippen LogP contribution in [0.1, 0.15) is 11.3 Å². The summed E-state index contributed by atoms with van der Waals surface area (Å²) in [5, 5.41) is 10.4. The molecule has 4 heteroatoms. The number of fused-ring (bicyclic) bond motifs is 1. The first kappa shape index (κ1) is 15.6. The summed E-state index contributed by atoms with van der Waals surface area (Å²) in [4.78, 5) is 10.8. The molecule has 2 aromatic heterocycles. The third kappa shape index (κ3) is 3.71. The Bertz CT molecular complexity index is 948. The maximum Gasteiger partial charge on any atom is 0.128 e. The van der Waals surface area contributed by atoms with E-state index in [4.69, 9.17) is 0 Å². The molecular formula is C20H17N3O. The molecule has 0 aliphatic rings. The Morgan fingerprint density at radius 1 is 1.08 bits per heavy atom. The Morgan fingerprint density at radius 2 is 1.96 bits per heavy atom. The number of pyridine rings is 2. The van der Waals surface area contributed by atoms with Crippen LogP contribution in [0.15, 0.2) is 54.7 Å². The summed E-state index contributed by atoms with van der Waals surface area (Å²) < 4.78 is 0. The normalized spacial score (nSPS) is 10.6. The summed E-state index contributed by atoms with van der Waals surface area (Å²) in [6, 6.07) is 12.8. The predicted octanol–water partition coefficient (Wildman–Crippen LogP) is 3.47. The van der Waals surface area contributed by atoms with Crippen molar-refractivity contribution in [1.29, 1.82) is 0 Å². The Balaban J connectivity index is 1.73. The maximum absolute atomic E-state index is 9.46. The average molecular weight is 315 g/mol. The lowest BCUT2D eigenvalue weighted by atomic mass is 10.2. The van der Waals surface area contributed by atoms with E-state index in [0.29, 0.717) is 0 Å². The highest BCUT2D eigenvalue weighted by Gasteiger charge is 1.97. The first-order valence-corrected chi connectivity index (χ1v) is 7.53. The highest BCUT2D eigenvalue weighted by Crippen LogP contribution is 2.18. The molecule has 0 saturated carbocycles.